The quantitative estimate of drug-likeness (QED) is 0.778. The van der Waals surface area contributed by atoms with E-state index in [-0.39, 0.29) is 24.9 Å². The van der Waals surface area contributed by atoms with Crippen LogP contribution in [0.25, 0.3) is 0 Å². The van der Waals surface area contributed by atoms with Crippen LogP contribution in [0.2, 0.25) is 0 Å². The molecule has 1 saturated heterocycles. The highest BCUT2D eigenvalue weighted by molar-refractivity contribution is 6.50. The highest BCUT2D eigenvalue weighted by atomic mass is 35.5. The van der Waals surface area contributed by atoms with Crippen molar-refractivity contribution in [1.82, 2.24) is 10.2 Å². The zero-order chi connectivity index (χ0) is 17.6. The molecule has 1 N–H and O–H groups in total. The summed E-state index contributed by atoms with van der Waals surface area (Å²) in [6.07, 6.45) is -1.35. The first-order chi connectivity index (χ1) is 10.4. The molecule has 1 heterocycles. The summed E-state index contributed by atoms with van der Waals surface area (Å²) in [5.41, 5.74) is -0.704. The molecule has 1 saturated carbocycles. The molecule has 4 atom stereocenters. The maximum atomic E-state index is 13.7. The smallest absolute Gasteiger partial charge is 0.411 e. The molecule has 2 aliphatic rings. The first kappa shape index (κ1) is 18.6. The molecule has 1 aliphatic carbocycles. The van der Waals surface area contributed by atoms with Gasteiger partial charge >= 0.3 is 6.09 Å². The minimum absolute atomic E-state index is 0.0324. The van der Waals surface area contributed by atoms with Gasteiger partial charge in [0, 0.05) is 18.4 Å². The normalized spacial score (nSPS) is 30.7. The van der Waals surface area contributed by atoms with E-state index in [1.165, 1.54) is 0 Å². The van der Waals surface area contributed by atoms with Crippen molar-refractivity contribution in [1.29, 1.82) is 0 Å². The number of amides is 2. The van der Waals surface area contributed by atoms with Crippen molar-refractivity contribution in [2.24, 2.45) is 5.92 Å². The van der Waals surface area contributed by atoms with Crippen LogP contribution in [0.4, 0.5) is 9.18 Å². The Morgan fingerprint density at radius 3 is 2.43 bits per heavy atom. The molecule has 0 spiro atoms. The van der Waals surface area contributed by atoms with Crippen LogP contribution >= 0.6 is 23.2 Å². The molecule has 8 heteroatoms. The predicted molar refractivity (Wildman–Crippen MR) is 86.4 cm³/mol. The molecule has 2 amide bonds. The predicted octanol–water partition coefficient (Wildman–Crippen LogP) is 3.03. The molecule has 23 heavy (non-hydrogen) atoms. The van der Waals surface area contributed by atoms with Gasteiger partial charge in [-0.05, 0) is 34.1 Å². The highest BCUT2D eigenvalue weighted by Crippen LogP contribution is 2.54. The van der Waals surface area contributed by atoms with Gasteiger partial charge < -0.3 is 10.1 Å². The number of ether oxygens (including phenoxy) is 1. The fraction of sp³-hybridized carbons (Fsp3) is 0.867. The lowest BCUT2D eigenvalue weighted by atomic mass is 10.1. The third kappa shape index (κ3) is 4.63. The molecule has 5 nitrogen and oxygen atoms in total. The third-order valence-corrected chi connectivity index (χ3v) is 4.90. The van der Waals surface area contributed by atoms with Crippen molar-refractivity contribution in [3.63, 3.8) is 0 Å². The SMILES string of the molecule is CC(NC(=O)[C@@H]1C[C@@H](F)CN1C(=O)OC(C)(C)C)[C@H]1CC1(Cl)Cl. The van der Waals surface area contributed by atoms with Gasteiger partial charge in [0.1, 0.15) is 22.1 Å². The minimum atomic E-state index is -1.24. The fourth-order valence-electron chi connectivity index (χ4n) is 2.75. The Labute approximate surface area is 145 Å². The molecule has 2 rings (SSSR count). The number of hydrogen-bond donors (Lipinski definition) is 1. The lowest BCUT2D eigenvalue weighted by molar-refractivity contribution is -0.126. The molecule has 0 aromatic rings. The standard InChI is InChI=1S/C15H23Cl2FN2O3/c1-8(10-6-15(10,16)17)19-12(21)11-5-9(18)7-20(11)13(22)23-14(2,3)4/h8-11H,5-7H2,1-4H3,(H,19,21)/t8?,9-,10-,11+/m1/s1. The van der Waals surface area contributed by atoms with E-state index in [1.54, 1.807) is 27.7 Å². The Morgan fingerprint density at radius 2 is 1.96 bits per heavy atom. The van der Waals surface area contributed by atoms with Crippen LogP contribution in [-0.4, -0.2) is 51.6 Å². The summed E-state index contributed by atoms with van der Waals surface area (Å²) < 4.78 is 18.2. The summed E-state index contributed by atoms with van der Waals surface area (Å²) in [7, 11) is 0. The molecule has 1 aliphatic heterocycles. The van der Waals surface area contributed by atoms with Gasteiger partial charge in [0.05, 0.1) is 6.54 Å². The number of nitrogens with zero attached hydrogens (tertiary/aromatic N) is 1. The van der Waals surface area contributed by atoms with Gasteiger partial charge in [-0.2, -0.15) is 0 Å². The van der Waals surface area contributed by atoms with Crippen molar-refractivity contribution in [3.05, 3.63) is 0 Å². The topological polar surface area (TPSA) is 58.6 Å². The number of halogens is 3. The zero-order valence-electron chi connectivity index (χ0n) is 13.7. The summed E-state index contributed by atoms with van der Waals surface area (Å²) in [4.78, 5) is 25.7. The fourth-order valence-corrected chi connectivity index (χ4v) is 3.46. The second-order valence-electron chi connectivity index (χ2n) is 7.35. The van der Waals surface area contributed by atoms with E-state index in [0.29, 0.717) is 6.42 Å². The van der Waals surface area contributed by atoms with E-state index >= 15 is 0 Å². The van der Waals surface area contributed by atoms with E-state index in [0.717, 1.165) is 4.90 Å². The van der Waals surface area contributed by atoms with Gasteiger partial charge in [0.2, 0.25) is 5.91 Å². The number of alkyl halides is 3. The first-order valence-corrected chi connectivity index (χ1v) is 8.48. The second-order valence-corrected chi connectivity index (χ2v) is 8.89. The van der Waals surface area contributed by atoms with Gasteiger partial charge in [-0.15, -0.1) is 23.2 Å². The first-order valence-electron chi connectivity index (χ1n) is 7.72. The van der Waals surface area contributed by atoms with E-state index in [9.17, 15) is 14.0 Å². The highest BCUT2D eigenvalue weighted by Gasteiger charge is 2.55. The lowest BCUT2D eigenvalue weighted by Gasteiger charge is -2.28. The zero-order valence-corrected chi connectivity index (χ0v) is 15.2. The molecular weight excluding hydrogens is 346 g/mol. The molecule has 1 unspecified atom stereocenters. The molecule has 0 aromatic carbocycles. The number of carbonyl (C=O) groups excluding carboxylic acids is 2. The monoisotopic (exact) mass is 368 g/mol. The van der Waals surface area contributed by atoms with Crippen LogP contribution in [0, 0.1) is 5.92 Å². The van der Waals surface area contributed by atoms with Crippen molar-refractivity contribution in [2.45, 2.75) is 68.7 Å². The Balaban J connectivity index is 1.98. The van der Waals surface area contributed by atoms with Crippen LogP contribution in [-0.2, 0) is 9.53 Å². The van der Waals surface area contributed by atoms with Gasteiger partial charge in [-0.1, -0.05) is 0 Å². The van der Waals surface area contributed by atoms with Crippen molar-refractivity contribution < 1.29 is 18.7 Å². The third-order valence-electron chi connectivity index (χ3n) is 4.03. The van der Waals surface area contributed by atoms with Crippen molar-refractivity contribution >= 4 is 35.2 Å². The van der Waals surface area contributed by atoms with Gasteiger partial charge in [-0.3, -0.25) is 9.69 Å². The van der Waals surface area contributed by atoms with Crippen LogP contribution in [0.5, 0.6) is 0 Å². The number of likely N-dealkylation sites (tertiary alicyclic amines) is 1. The number of nitrogens with one attached hydrogen (secondary N) is 1. The van der Waals surface area contributed by atoms with Crippen LogP contribution < -0.4 is 5.32 Å². The summed E-state index contributed by atoms with van der Waals surface area (Å²) in [6, 6.07) is -1.11. The van der Waals surface area contributed by atoms with E-state index in [1.807, 2.05) is 0 Å². The van der Waals surface area contributed by atoms with Crippen LogP contribution in [0.1, 0.15) is 40.5 Å². The molecule has 2 fully saturated rings. The summed E-state index contributed by atoms with van der Waals surface area (Å²) in [5.74, 6) is -0.438. The maximum Gasteiger partial charge on any atom is 0.411 e. The average molecular weight is 369 g/mol. The number of hydrogen-bond acceptors (Lipinski definition) is 3. The van der Waals surface area contributed by atoms with Gasteiger partial charge in [0.15, 0.2) is 0 Å². The molecule has 0 radical (unpaired) electrons. The summed E-state index contributed by atoms with van der Waals surface area (Å²) in [5, 5.41) is 2.78. The Morgan fingerprint density at radius 1 is 1.39 bits per heavy atom. The second kappa shape index (κ2) is 6.28. The van der Waals surface area contributed by atoms with E-state index in [4.69, 9.17) is 27.9 Å². The van der Waals surface area contributed by atoms with Gasteiger partial charge in [-0.25, -0.2) is 9.18 Å². The molecule has 132 valence electrons. The molecule has 0 bridgehead atoms. The Bertz CT molecular complexity index is 496. The lowest BCUT2D eigenvalue weighted by Crippen LogP contribution is -2.50. The van der Waals surface area contributed by atoms with E-state index < -0.39 is 34.1 Å². The minimum Gasteiger partial charge on any atom is -0.444 e. The largest absolute Gasteiger partial charge is 0.444 e. The Hall–Kier alpha value is -0.750. The summed E-state index contributed by atoms with van der Waals surface area (Å²) in [6.45, 7) is 6.82. The molecular formula is C15H23Cl2FN2O3. The van der Waals surface area contributed by atoms with Crippen molar-refractivity contribution in [2.75, 3.05) is 6.54 Å². The summed E-state index contributed by atoms with van der Waals surface area (Å²) >= 11 is 12.0. The van der Waals surface area contributed by atoms with Gasteiger partial charge in [0.25, 0.3) is 0 Å². The van der Waals surface area contributed by atoms with Crippen molar-refractivity contribution in [3.8, 4) is 0 Å². The molecule has 0 aromatic heterocycles. The Kier molecular flexibility index (Phi) is 5.07. The van der Waals surface area contributed by atoms with E-state index in [2.05, 4.69) is 5.32 Å². The number of rotatable bonds is 3. The number of carbonyl (C=O) groups is 2. The maximum absolute atomic E-state index is 13.7. The van der Waals surface area contributed by atoms with Crippen LogP contribution in [0.3, 0.4) is 0 Å². The average Bonchev–Trinajstić information content (AvgIpc) is 2.82. The van der Waals surface area contributed by atoms with Crippen LogP contribution in [0.15, 0.2) is 0 Å².